The highest BCUT2D eigenvalue weighted by molar-refractivity contribution is 6.33. The first kappa shape index (κ1) is 13.9. The fourth-order valence-corrected chi connectivity index (χ4v) is 1.79. The molecule has 2 rings (SSSR count). The molecule has 0 aliphatic carbocycles. The van der Waals surface area contributed by atoms with E-state index in [2.05, 4.69) is 15.0 Å². The monoisotopic (exact) mass is 287 g/mol. The Balaban J connectivity index is 2.09. The van der Waals surface area contributed by atoms with Gasteiger partial charge < -0.3 is 24.9 Å². The number of aromatic nitrogens is 4. The number of fused-ring (bicyclic) bond motifs is 1. The molecule has 0 aliphatic heterocycles. The summed E-state index contributed by atoms with van der Waals surface area (Å²) in [6, 6.07) is 0. The molecule has 0 aromatic carbocycles. The Morgan fingerprint density at radius 1 is 1.53 bits per heavy atom. The van der Waals surface area contributed by atoms with E-state index in [0.29, 0.717) is 24.3 Å². The number of imidazole rings is 1. The molecule has 1 unspecified atom stereocenters. The normalized spacial score (nSPS) is 13.0. The van der Waals surface area contributed by atoms with Gasteiger partial charge in [0.05, 0.1) is 19.5 Å². The van der Waals surface area contributed by atoms with Crippen molar-refractivity contribution >= 4 is 28.7 Å². The number of anilines is 1. The number of halogens is 1. The first-order valence-corrected chi connectivity index (χ1v) is 5.92. The van der Waals surface area contributed by atoms with Gasteiger partial charge in [0.25, 0.3) is 0 Å². The van der Waals surface area contributed by atoms with Crippen LogP contribution in [-0.2, 0) is 16.0 Å². The molecular formula is C10H14ClN5O3. The van der Waals surface area contributed by atoms with Crippen molar-refractivity contribution in [1.82, 2.24) is 19.5 Å². The van der Waals surface area contributed by atoms with Crippen LogP contribution in [0.25, 0.3) is 11.2 Å². The Bertz CT molecular complexity index is 557. The minimum atomic E-state index is -0.641. The fourth-order valence-electron chi connectivity index (χ4n) is 1.57. The topological polar surface area (TPSA) is 108 Å². The summed E-state index contributed by atoms with van der Waals surface area (Å²) in [7, 11) is 1.46. The lowest BCUT2D eigenvalue weighted by molar-refractivity contribution is -0.147. The molecule has 2 heterocycles. The van der Waals surface area contributed by atoms with E-state index >= 15 is 0 Å². The Hall–Kier alpha value is -1.48. The second kappa shape index (κ2) is 6.11. The molecule has 0 saturated heterocycles. The van der Waals surface area contributed by atoms with Crippen LogP contribution in [0.3, 0.4) is 0 Å². The number of rotatable bonds is 6. The quantitative estimate of drug-likeness (QED) is 0.570. The maximum Gasteiger partial charge on any atom is 0.223 e. The van der Waals surface area contributed by atoms with Crippen LogP contribution < -0.4 is 5.73 Å². The third-order valence-electron chi connectivity index (χ3n) is 2.49. The number of hydrogen-bond donors (Lipinski definition) is 2. The van der Waals surface area contributed by atoms with E-state index in [1.54, 1.807) is 10.9 Å². The van der Waals surface area contributed by atoms with Gasteiger partial charge in [-0.25, -0.2) is 4.98 Å². The number of nitrogens with zero attached hydrogens (tertiary/aromatic N) is 4. The van der Waals surface area contributed by atoms with Gasteiger partial charge in [-0.3, -0.25) is 0 Å². The molecule has 0 bridgehead atoms. The minimum Gasteiger partial charge on any atom is -0.391 e. The Labute approximate surface area is 114 Å². The maximum atomic E-state index is 8.90. The molecule has 2 aromatic heterocycles. The zero-order valence-electron chi connectivity index (χ0n) is 10.3. The lowest BCUT2D eigenvalue weighted by atomic mass is 10.5. The summed E-state index contributed by atoms with van der Waals surface area (Å²) in [6.45, 7) is 0.595. The first-order chi connectivity index (χ1) is 9.15. The lowest BCUT2D eigenvalue weighted by Crippen LogP contribution is -2.22. The average Bonchev–Trinajstić information content (AvgIpc) is 2.78. The summed E-state index contributed by atoms with van der Waals surface area (Å²) < 4.78 is 11.9. The molecule has 8 nitrogen and oxygen atoms in total. The molecule has 0 fully saturated rings. The number of nitrogen functional groups attached to an aromatic ring is 1. The summed E-state index contributed by atoms with van der Waals surface area (Å²) in [5.41, 5.74) is 6.57. The lowest BCUT2D eigenvalue weighted by Gasteiger charge is -2.13. The molecule has 0 saturated carbocycles. The molecule has 0 amide bonds. The third-order valence-corrected chi connectivity index (χ3v) is 2.75. The van der Waals surface area contributed by atoms with Crippen molar-refractivity contribution in [3.8, 4) is 0 Å². The average molecular weight is 288 g/mol. The van der Waals surface area contributed by atoms with E-state index in [1.165, 1.54) is 7.11 Å². The smallest absolute Gasteiger partial charge is 0.223 e. The van der Waals surface area contributed by atoms with Gasteiger partial charge in [0, 0.05) is 13.7 Å². The van der Waals surface area contributed by atoms with E-state index in [-0.39, 0.29) is 17.7 Å². The molecule has 104 valence electrons. The Morgan fingerprint density at radius 3 is 3.00 bits per heavy atom. The van der Waals surface area contributed by atoms with Crippen LogP contribution in [0, 0.1) is 0 Å². The van der Waals surface area contributed by atoms with E-state index < -0.39 is 6.29 Å². The highest BCUT2D eigenvalue weighted by atomic mass is 35.5. The number of ether oxygens (including phenoxy) is 2. The van der Waals surface area contributed by atoms with E-state index in [0.717, 1.165) is 0 Å². The number of aliphatic hydroxyl groups is 1. The van der Waals surface area contributed by atoms with Crippen molar-refractivity contribution in [2.24, 2.45) is 0 Å². The summed E-state index contributed by atoms with van der Waals surface area (Å²) in [6.07, 6.45) is 0.937. The van der Waals surface area contributed by atoms with Crippen LogP contribution in [0.1, 0.15) is 0 Å². The summed E-state index contributed by atoms with van der Waals surface area (Å²) in [5.74, 6) is 0.0882. The van der Waals surface area contributed by atoms with Crippen molar-refractivity contribution in [1.29, 1.82) is 0 Å². The molecule has 9 heteroatoms. The van der Waals surface area contributed by atoms with Gasteiger partial charge in [0.1, 0.15) is 5.52 Å². The van der Waals surface area contributed by atoms with Crippen LogP contribution in [0.15, 0.2) is 6.33 Å². The molecule has 0 spiro atoms. The fraction of sp³-hybridized carbons (Fsp3) is 0.500. The number of nitrogens with two attached hydrogens (primary N) is 1. The van der Waals surface area contributed by atoms with Crippen LogP contribution in [0.2, 0.25) is 5.15 Å². The van der Waals surface area contributed by atoms with Gasteiger partial charge in [0.2, 0.25) is 5.95 Å². The van der Waals surface area contributed by atoms with Gasteiger partial charge in [-0.2, -0.15) is 9.97 Å². The molecule has 19 heavy (non-hydrogen) atoms. The second-order valence-corrected chi connectivity index (χ2v) is 4.06. The Kier molecular flexibility index (Phi) is 4.48. The predicted octanol–water partition coefficient (Wildman–Crippen LogP) is 0.0433. The van der Waals surface area contributed by atoms with Gasteiger partial charge in [-0.05, 0) is 0 Å². The second-order valence-electron chi connectivity index (χ2n) is 3.70. The van der Waals surface area contributed by atoms with Crippen molar-refractivity contribution < 1.29 is 14.6 Å². The highest BCUT2D eigenvalue weighted by Crippen LogP contribution is 2.19. The zero-order valence-corrected chi connectivity index (χ0v) is 11.0. The van der Waals surface area contributed by atoms with Gasteiger partial charge in [-0.1, -0.05) is 11.6 Å². The molecule has 3 N–H and O–H groups in total. The number of methoxy groups -OCH3 is 1. The standard InChI is InChI=1S/C10H14ClN5O3/c1-18-6(4-17)19-3-2-16-5-13-7-8(11)14-10(12)15-9(7)16/h5-6,17H,2-4H2,1H3,(H2,12,14,15). The number of hydrogen-bond acceptors (Lipinski definition) is 7. The third kappa shape index (κ3) is 3.10. The van der Waals surface area contributed by atoms with Crippen molar-refractivity contribution in [2.45, 2.75) is 12.8 Å². The highest BCUT2D eigenvalue weighted by Gasteiger charge is 2.11. The molecule has 1 atom stereocenters. The molecule has 2 aromatic rings. The maximum absolute atomic E-state index is 8.90. The molecule has 0 aliphatic rings. The van der Waals surface area contributed by atoms with E-state index in [1.807, 2.05) is 0 Å². The van der Waals surface area contributed by atoms with Crippen molar-refractivity contribution in [3.63, 3.8) is 0 Å². The predicted molar refractivity (Wildman–Crippen MR) is 68.6 cm³/mol. The summed E-state index contributed by atoms with van der Waals surface area (Å²) >= 11 is 5.91. The van der Waals surface area contributed by atoms with E-state index in [9.17, 15) is 0 Å². The van der Waals surface area contributed by atoms with E-state index in [4.69, 9.17) is 31.9 Å². The summed E-state index contributed by atoms with van der Waals surface area (Å²) in [4.78, 5) is 12.0. The largest absolute Gasteiger partial charge is 0.391 e. The van der Waals surface area contributed by atoms with Gasteiger partial charge in [-0.15, -0.1) is 0 Å². The van der Waals surface area contributed by atoms with Crippen LogP contribution in [0.4, 0.5) is 5.95 Å². The molecular weight excluding hydrogens is 274 g/mol. The number of aliphatic hydroxyl groups excluding tert-OH is 1. The van der Waals surface area contributed by atoms with Gasteiger partial charge >= 0.3 is 0 Å². The summed E-state index contributed by atoms with van der Waals surface area (Å²) in [5, 5.41) is 9.12. The van der Waals surface area contributed by atoms with Gasteiger partial charge in [0.15, 0.2) is 17.1 Å². The van der Waals surface area contributed by atoms with Crippen LogP contribution in [-0.4, -0.2) is 51.2 Å². The molecule has 0 radical (unpaired) electrons. The zero-order chi connectivity index (χ0) is 13.8. The minimum absolute atomic E-state index is 0.0882. The SMILES string of the molecule is COC(CO)OCCn1cnc2c(Cl)nc(N)nc21. The van der Waals surface area contributed by atoms with Crippen LogP contribution in [0.5, 0.6) is 0 Å². The van der Waals surface area contributed by atoms with Crippen molar-refractivity contribution in [2.75, 3.05) is 26.1 Å². The first-order valence-electron chi connectivity index (χ1n) is 5.54. The van der Waals surface area contributed by atoms with Crippen LogP contribution >= 0.6 is 11.6 Å². The Morgan fingerprint density at radius 2 is 2.32 bits per heavy atom. The van der Waals surface area contributed by atoms with Crippen molar-refractivity contribution in [3.05, 3.63) is 11.5 Å².